The number of amides is 1. The first-order valence-electron chi connectivity index (χ1n) is 9.49. The highest BCUT2D eigenvalue weighted by Gasteiger charge is 2.13. The van der Waals surface area contributed by atoms with Gasteiger partial charge in [0.05, 0.1) is 30.3 Å². The lowest BCUT2D eigenvalue weighted by Crippen LogP contribution is -2.12. The number of nitrogens with one attached hydrogen (secondary N) is 3. The molecule has 0 atom stereocenters. The van der Waals surface area contributed by atoms with Gasteiger partial charge in [-0.2, -0.15) is 0 Å². The Bertz CT molecular complexity index is 1240. The monoisotopic (exact) mass is 416 g/mol. The Balaban J connectivity index is 1.50. The predicted octanol–water partition coefficient (Wildman–Crippen LogP) is 4.76. The first-order chi connectivity index (χ1) is 15.0. The number of esters is 1. The van der Waals surface area contributed by atoms with Crippen LogP contribution in [-0.4, -0.2) is 29.0 Å². The number of carbonyl (C=O) groups excluding carboxylic acids is 2. The van der Waals surface area contributed by atoms with E-state index in [0.717, 1.165) is 16.9 Å². The van der Waals surface area contributed by atoms with E-state index in [0.29, 0.717) is 22.6 Å². The molecule has 8 heteroatoms. The molecule has 1 aromatic carbocycles. The fourth-order valence-electron chi connectivity index (χ4n) is 3.07. The standard InChI is InChI=1S/C23H20N4O4/c1-14-7-9-31-21(14)22(28)27-17-5-3-4-16(11-17)26-18-6-8-24-20(12-18)19-10-15(13-25-19)23(29)30-2/h3-13,25H,1-2H3,(H,24,26)(H,27,28). The van der Waals surface area contributed by atoms with E-state index in [-0.39, 0.29) is 11.7 Å². The van der Waals surface area contributed by atoms with E-state index in [1.807, 2.05) is 37.3 Å². The molecule has 0 aliphatic heterocycles. The van der Waals surface area contributed by atoms with Crippen LogP contribution in [0.15, 0.2) is 71.6 Å². The minimum atomic E-state index is -0.416. The number of rotatable bonds is 6. The average molecular weight is 416 g/mol. The summed E-state index contributed by atoms with van der Waals surface area (Å²) in [4.78, 5) is 31.4. The Labute approximate surface area is 178 Å². The van der Waals surface area contributed by atoms with Gasteiger partial charge in [0.1, 0.15) is 0 Å². The zero-order valence-electron chi connectivity index (χ0n) is 16.9. The summed E-state index contributed by atoms with van der Waals surface area (Å²) in [6, 6.07) is 14.4. The Morgan fingerprint density at radius 3 is 2.65 bits per heavy atom. The average Bonchev–Trinajstić information content (AvgIpc) is 3.43. The highest BCUT2D eigenvalue weighted by molar-refractivity contribution is 6.03. The third-order valence-corrected chi connectivity index (χ3v) is 4.62. The van der Waals surface area contributed by atoms with E-state index < -0.39 is 5.97 Å². The van der Waals surface area contributed by atoms with Crippen LogP contribution in [-0.2, 0) is 4.74 Å². The minimum absolute atomic E-state index is 0.286. The molecule has 156 valence electrons. The number of hydrogen-bond donors (Lipinski definition) is 3. The Hall–Kier alpha value is -4.33. The number of hydrogen-bond acceptors (Lipinski definition) is 6. The second-order valence-corrected chi connectivity index (χ2v) is 6.82. The number of furan rings is 1. The maximum absolute atomic E-state index is 12.4. The number of ether oxygens (including phenoxy) is 1. The van der Waals surface area contributed by atoms with Crippen molar-refractivity contribution in [2.24, 2.45) is 0 Å². The lowest BCUT2D eigenvalue weighted by Gasteiger charge is -2.10. The van der Waals surface area contributed by atoms with Crippen LogP contribution in [0.1, 0.15) is 26.5 Å². The molecular weight excluding hydrogens is 396 g/mol. The molecule has 0 radical (unpaired) electrons. The smallest absolute Gasteiger partial charge is 0.339 e. The molecule has 0 fully saturated rings. The summed E-state index contributed by atoms with van der Waals surface area (Å²) in [5, 5.41) is 6.13. The van der Waals surface area contributed by atoms with Crippen LogP contribution in [0.5, 0.6) is 0 Å². The van der Waals surface area contributed by atoms with Crippen molar-refractivity contribution in [2.45, 2.75) is 6.92 Å². The number of nitrogens with zero attached hydrogens (tertiary/aromatic N) is 1. The van der Waals surface area contributed by atoms with Crippen LogP contribution in [0.2, 0.25) is 0 Å². The molecule has 0 aliphatic carbocycles. The normalized spacial score (nSPS) is 10.5. The highest BCUT2D eigenvalue weighted by Crippen LogP contribution is 2.24. The summed E-state index contributed by atoms with van der Waals surface area (Å²) < 4.78 is 9.97. The zero-order chi connectivity index (χ0) is 21.8. The Morgan fingerprint density at radius 2 is 1.87 bits per heavy atom. The molecule has 0 saturated carbocycles. The molecule has 4 aromatic rings. The summed E-state index contributed by atoms with van der Waals surface area (Å²) in [6.45, 7) is 1.82. The van der Waals surface area contributed by atoms with Crippen LogP contribution in [0.4, 0.5) is 17.1 Å². The van der Waals surface area contributed by atoms with Gasteiger partial charge in [0, 0.05) is 35.0 Å². The SMILES string of the molecule is COC(=O)c1c[nH]c(-c2cc(Nc3cccc(NC(=O)c4occc4C)c3)ccn2)c1. The quantitative estimate of drug-likeness (QED) is 0.391. The molecular formula is C23H20N4O4. The molecule has 3 aromatic heterocycles. The second-order valence-electron chi connectivity index (χ2n) is 6.82. The van der Waals surface area contributed by atoms with E-state index in [9.17, 15) is 9.59 Å². The van der Waals surface area contributed by atoms with Gasteiger partial charge >= 0.3 is 5.97 Å². The second kappa shape index (κ2) is 8.58. The summed E-state index contributed by atoms with van der Waals surface area (Å²) >= 11 is 0. The number of aryl methyl sites for hydroxylation is 1. The summed E-state index contributed by atoms with van der Waals surface area (Å²) in [5.41, 5.74) is 4.77. The first kappa shape index (κ1) is 20.0. The molecule has 0 bridgehead atoms. The van der Waals surface area contributed by atoms with Gasteiger partial charge in [0.25, 0.3) is 5.91 Å². The summed E-state index contributed by atoms with van der Waals surface area (Å²) in [5.74, 6) is -0.436. The largest absolute Gasteiger partial charge is 0.465 e. The van der Waals surface area contributed by atoms with Crippen LogP contribution < -0.4 is 10.6 Å². The minimum Gasteiger partial charge on any atom is -0.465 e. The van der Waals surface area contributed by atoms with E-state index in [1.165, 1.54) is 13.4 Å². The van der Waals surface area contributed by atoms with E-state index >= 15 is 0 Å². The number of aromatic amines is 1. The molecule has 0 saturated heterocycles. The molecule has 0 spiro atoms. The maximum atomic E-state index is 12.4. The van der Waals surface area contributed by atoms with E-state index in [4.69, 9.17) is 9.15 Å². The number of aromatic nitrogens is 2. The van der Waals surface area contributed by atoms with Crippen molar-refractivity contribution in [1.29, 1.82) is 0 Å². The van der Waals surface area contributed by atoms with E-state index in [2.05, 4.69) is 20.6 Å². The number of pyridine rings is 1. The summed E-state index contributed by atoms with van der Waals surface area (Å²) in [6.07, 6.45) is 4.74. The van der Waals surface area contributed by atoms with Crippen LogP contribution >= 0.6 is 0 Å². The molecule has 0 aliphatic rings. The molecule has 4 rings (SSSR count). The van der Waals surface area contributed by atoms with Gasteiger partial charge in [0.2, 0.25) is 0 Å². The summed E-state index contributed by atoms with van der Waals surface area (Å²) in [7, 11) is 1.34. The van der Waals surface area contributed by atoms with Crippen LogP contribution in [0.3, 0.4) is 0 Å². The molecule has 8 nitrogen and oxygen atoms in total. The van der Waals surface area contributed by atoms with E-state index in [1.54, 1.807) is 30.6 Å². The Kier molecular flexibility index (Phi) is 5.53. The predicted molar refractivity (Wildman–Crippen MR) is 116 cm³/mol. The van der Waals surface area contributed by atoms with Crippen molar-refractivity contribution >= 4 is 28.9 Å². The zero-order valence-corrected chi connectivity index (χ0v) is 16.9. The Morgan fingerprint density at radius 1 is 1.06 bits per heavy atom. The molecule has 3 heterocycles. The van der Waals surface area contributed by atoms with Gasteiger partial charge in [-0.3, -0.25) is 9.78 Å². The maximum Gasteiger partial charge on any atom is 0.339 e. The van der Waals surface area contributed by atoms with Gasteiger partial charge in [-0.05, 0) is 49.4 Å². The van der Waals surface area contributed by atoms with Crippen molar-refractivity contribution in [3.8, 4) is 11.4 Å². The van der Waals surface area contributed by atoms with Gasteiger partial charge in [-0.1, -0.05) is 6.07 Å². The van der Waals surface area contributed by atoms with Crippen molar-refractivity contribution in [1.82, 2.24) is 9.97 Å². The van der Waals surface area contributed by atoms with Crippen molar-refractivity contribution in [2.75, 3.05) is 17.7 Å². The van der Waals surface area contributed by atoms with Crippen molar-refractivity contribution < 1.29 is 18.7 Å². The fraction of sp³-hybridized carbons (Fsp3) is 0.0870. The van der Waals surface area contributed by atoms with Gasteiger partial charge in [-0.15, -0.1) is 0 Å². The van der Waals surface area contributed by atoms with Crippen molar-refractivity contribution in [3.63, 3.8) is 0 Å². The topological polar surface area (TPSA) is 109 Å². The third kappa shape index (κ3) is 4.48. The van der Waals surface area contributed by atoms with Crippen LogP contribution in [0, 0.1) is 6.92 Å². The van der Waals surface area contributed by atoms with Crippen LogP contribution in [0.25, 0.3) is 11.4 Å². The fourth-order valence-corrected chi connectivity index (χ4v) is 3.07. The number of carbonyl (C=O) groups is 2. The highest BCUT2D eigenvalue weighted by atomic mass is 16.5. The lowest BCUT2D eigenvalue weighted by atomic mass is 10.2. The number of anilines is 3. The first-order valence-corrected chi connectivity index (χ1v) is 9.49. The molecule has 0 unspecified atom stereocenters. The number of benzene rings is 1. The molecule has 1 amide bonds. The van der Waals surface area contributed by atoms with Gasteiger partial charge in [0.15, 0.2) is 5.76 Å². The molecule has 31 heavy (non-hydrogen) atoms. The van der Waals surface area contributed by atoms with Gasteiger partial charge < -0.3 is 24.8 Å². The number of methoxy groups -OCH3 is 1. The van der Waals surface area contributed by atoms with Crippen molar-refractivity contribution in [3.05, 3.63) is 84.1 Å². The third-order valence-electron chi connectivity index (χ3n) is 4.62. The lowest BCUT2D eigenvalue weighted by molar-refractivity contribution is 0.0601. The molecule has 3 N–H and O–H groups in total. The number of H-pyrrole nitrogens is 1. The van der Waals surface area contributed by atoms with Gasteiger partial charge in [-0.25, -0.2) is 4.79 Å².